The Kier molecular flexibility index (Phi) is 8.22. The molecule has 0 spiro atoms. The Labute approximate surface area is 310 Å². The van der Waals surface area contributed by atoms with Gasteiger partial charge in [0.2, 0.25) is 0 Å². The zero-order valence-electron chi connectivity index (χ0n) is 29.4. The monoisotopic (exact) mass is 677 g/mol. The first kappa shape index (κ1) is 32.0. The first-order chi connectivity index (χ1) is 26.2. The molecule has 9 rings (SSSR count). The van der Waals surface area contributed by atoms with Crippen LogP contribution < -0.4 is 0 Å². The lowest BCUT2D eigenvalue weighted by molar-refractivity contribution is 1.07. The topological polar surface area (TPSA) is 38.7 Å². The maximum Gasteiger partial charge on any atom is 0.164 e. The van der Waals surface area contributed by atoms with Crippen molar-refractivity contribution in [2.24, 2.45) is 0 Å². The van der Waals surface area contributed by atoms with E-state index in [-0.39, 0.29) is 0 Å². The molecule has 1 heterocycles. The molecule has 0 amide bonds. The van der Waals surface area contributed by atoms with E-state index in [1.807, 2.05) is 73.7 Å². The van der Waals surface area contributed by atoms with Gasteiger partial charge in [-0.3, -0.25) is 0 Å². The highest BCUT2D eigenvalue weighted by Crippen LogP contribution is 2.56. The summed E-state index contributed by atoms with van der Waals surface area (Å²) < 4.78 is 0. The molecule has 0 fully saturated rings. The molecular weight excluding hydrogens is 643 g/mol. The molecule has 0 aliphatic heterocycles. The molecule has 0 atom stereocenters. The highest BCUT2D eigenvalue weighted by molar-refractivity contribution is 6.21. The van der Waals surface area contributed by atoms with E-state index < -0.39 is 0 Å². The summed E-state index contributed by atoms with van der Waals surface area (Å²) >= 11 is 0. The second-order valence-corrected chi connectivity index (χ2v) is 13.2. The van der Waals surface area contributed by atoms with Crippen molar-refractivity contribution in [3.8, 4) is 78.7 Å². The third-order valence-corrected chi connectivity index (χ3v) is 9.91. The molecule has 7 aromatic carbocycles. The van der Waals surface area contributed by atoms with Gasteiger partial charge in [0, 0.05) is 16.7 Å². The van der Waals surface area contributed by atoms with Crippen LogP contribution in [0, 0.1) is 0 Å². The Morgan fingerprint density at radius 2 is 0.962 bits per heavy atom. The smallest absolute Gasteiger partial charge is 0.164 e. The maximum atomic E-state index is 5.06. The molecule has 250 valence electrons. The van der Waals surface area contributed by atoms with Gasteiger partial charge < -0.3 is 0 Å². The number of benzene rings is 7. The molecule has 53 heavy (non-hydrogen) atoms. The molecule has 3 heteroatoms. The molecule has 0 saturated carbocycles. The Morgan fingerprint density at radius 3 is 1.57 bits per heavy atom. The number of aromatic nitrogens is 3. The van der Waals surface area contributed by atoms with Gasteiger partial charge in [-0.15, -0.1) is 0 Å². The molecule has 0 saturated heterocycles. The Hall–Kier alpha value is -6.97. The van der Waals surface area contributed by atoms with Crippen molar-refractivity contribution >= 4 is 16.3 Å². The van der Waals surface area contributed by atoms with E-state index >= 15 is 0 Å². The molecule has 1 aromatic heterocycles. The van der Waals surface area contributed by atoms with Crippen LogP contribution in [0.25, 0.3) is 95.0 Å². The van der Waals surface area contributed by atoms with Crippen molar-refractivity contribution in [3.63, 3.8) is 0 Å². The minimum Gasteiger partial charge on any atom is -0.208 e. The minimum atomic E-state index is 0.620. The van der Waals surface area contributed by atoms with Crippen LogP contribution in [-0.4, -0.2) is 15.0 Å². The molecule has 1 aliphatic rings. The second-order valence-electron chi connectivity index (χ2n) is 13.2. The Bertz CT molecular complexity index is 2660. The van der Waals surface area contributed by atoms with Crippen LogP contribution >= 0.6 is 0 Å². The maximum absolute atomic E-state index is 5.06. The van der Waals surface area contributed by atoms with Crippen LogP contribution in [0.15, 0.2) is 189 Å². The lowest BCUT2D eigenvalue weighted by atomic mass is 9.82. The molecular formula is C50H35N3. The standard InChI is InChI=1S/C50H35N3/c1-3-4-8-18-33(2)44-43(32-42(34-19-9-5-10-20-34)46-40-29-16-25-35-26-17-30-41(45(35)40)47(44)46)38-27-15-28-39(31-38)50-52-48(36-21-11-6-12-22-36)51-49(53-50)37-23-13-7-14-24-37/h3-32H,2H2,1H3/b4-3-,18-8-. The Morgan fingerprint density at radius 1 is 0.453 bits per heavy atom. The lowest BCUT2D eigenvalue weighted by Gasteiger charge is -2.21. The van der Waals surface area contributed by atoms with Gasteiger partial charge in [-0.05, 0) is 85.5 Å². The normalized spacial score (nSPS) is 11.8. The SMILES string of the molecule is C=C(/C=C\C=C/C)c1c(-c2cccc(-c3nc(-c4ccccc4)nc(-c4ccccc4)n3)c2)cc(-c2ccccc2)c2c1-c1cccc3cccc-2c13. The van der Waals surface area contributed by atoms with Crippen molar-refractivity contribution in [3.05, 3.63) is 194 Å². The fourth-order valence-electron chi connectivity index (χ4n) is 7.53. The lowest BCUT2D eigenvalue weighted by Crippen LogP contribution is -2.00. The van der Waals surface area contributed by atoms with Gasteiger partial charge in [-0.25, -0.2) is 15.0 Å². The van der Waals surface area contributed by atoms with Gasteiger partial charge in [0.1, 0.15) is 0 Å². The van der Waals surface area contributed by atoms with E-state index in [9.17, 15) is 0 Å². The van der Waals surface area contributed by atoms with Crippen LogP contribution in [0.4, 0.5) is 0 Å². The van der Waals surface area contributed by atoms with Crippen molar-refractivity contribution in [1.29, 1.82) is 0 Å². The average Bonchev–Trinajstić information content (AvgIpc) is 3.56. The van der Waals surface area contributed by atoms with Crippen molar-refractivity contribution < 1.29 is 0 Å². The predicted octanol–water partition coefficient (Wildman–Crippen LogP) is 13.2. The van der Waals surface area contributed by atoms with Crippen LogP contribution in [0.2, 0.25) is 0 Å². The quantitative estimate of drug-likeness (QED) is 0.150. The van der Waals surface area contributed by atoms with E-state index in [1.54, 1.807) is 0 Å². The minimum absolute atomic E-state index is 0.620. The predicted molar refractivity (Wildman–Crippen MR) is 222 cm³/mol. The van der Waals surface area contributed by atoms with Crippen LogP contribution in [0.5, 0.6) is 0 Å². The zero-order chi connectivity index (χ0) is 35.7. The summed E-state index contributed by atoms with van der Waals surface area (Å²) in [6.45, 7) is 6.74. The Balaban J connectivity index is 1.31. The summed E-state index contributed by atoms with van der Waals surface area (Å²) in [5, 5.41) is 2.52. The van der Waals surface area contributed by atoms with E-state index in [4.69, 9.17) is 21.5 Å². The van der Waals surface area contributed by atoms with Gasteiger partial charge in [-0.1, -0.05) is 176 Å². The summed E-state index contributed by atoms with van der Waals surface area (Å²) in [6.07, 6.45) is 8.28. The largest absolute Gasteiger partial charge is 0.208 e. The number of fused-ring (bicyclic) bond motifs is 3. The average molecular weight is 678 g/mol. The number of hydrogen-bond acceptors (Lipinski definition) is 3. The van der Waals surface area contributed by atoms with Crippen molar-refractivity contribution in [2.75, 3.05) is 0 Å². The third kappa shape index (κ3) is 5.79. The summed E-state index contributed by atoms with van der Waals surface area (Å²) in [6, 6.07) is 55.2. The molecule has 0 bridgehead atoms. The van der Waals surface area contributed by atoms with E-state index in [0.29, 0.717) is 17.5 Å². The highest BCUT2D eigenvalue weighted by Gasteiger charge is 2.30. The third-order valence-electron chi connectivity index (χ3n) is 9.91. The number of hydrogen-bond donors (Lipinski definition) is 0. The van der Waals surface area contributed by atoms with Crippen molar-refractivity contribution in [2.45, 2.75) is 6.92 Å². The molecule has 0 N–H and O–H groups in total. The van der Waals surface area contributed by atoms with E-state index in [0.717, 1.165) is 39.0 Å². The van der Waals surface area contributed by atoms with Gasteiger partial charge in [0.05, 0.1) is 0 Å². The van der Waals surface area contributed by atoms with Crippen LogP contribution in [0.1, 0.15) is 12.5 Å². The fourth-order valence-corrected chi connectivity index (χ4v) is 7.53. The fraction of sp³-hybridized carbons (Fsp3) is 0.0200. The van der Waals surface area contributed by atoms with Crippen molar-refractivity contribution in [1.82, 2.24) is 15.0 Å². The molecule has 0 unspecified atom stereocenters. The van der Waals surface area contributed by atoms with Crippen LogP contribution in [0.3, 0.4) is 0 Å². The number of rotatable bonds is 8. The van der Waals surface area contributed by atoms with Gasteiger partial charge in [0.25, 0.3) is 0 Å². The van der Waals surface area contributed by atoms with Gasteiger partial charge >= 0.3 is 0 Å². The van der Waals surface area contributed by atoms with Gasteiger partial charge in [0.15, 0.2) is 17.5 Å². The van der Waals surface area contributed by atoms with Crippen LogP contribution in [-0.2, 0) is 0 Å². The second kappa shape index (κ2) is 13.6. The first-order valence-corrected chi connectivity index (χ1v) is 17.9. The summed E-state index contributed by atoms with van der Waals surface area (Å²) in [5.74, 6) is 1.89. The summed E-state index contributed by atoms with van der Waals surface area (Å²) in [7, 11) is 0. The van der Waals surface area contributed by atoms with E-state index in [2.05, 4.69) is 115 Å². The van der Waals surface area contributed by atoms with Gasteiger partial charge in [-0.2, -0.15) is 0 Å². The zero-order valence-corrected chi connectivity index (χ0v) is 29.4. The van der Waals surface area contributed by atoms with E-state index in [1.165, 1.54) is 44.2 Å². The first-order valence-electron chi connectivity index (χ1n) is 17.9. The summed E-state index contributed by atoms with van der Waals surface area (Å²) in [4.78, 5) is 15.0. The highest BCUT2D eigenvalue weighted by atomic mass is 15.0. The number of allylic oxidation sites excluding steroid dienone is 5. The summed E-state index contributed by atoms with van der Waals surface area (Å²) in [5.41, 5.74) is 14.3. The number of nitrogens with zero attached hydrogens (tertiary/aromatic N) is 3. The molecule has 0 radical (unpaired) electrons. The molecule has 8 aromatic rings. The molecule has 1 aliphatic carbocycles. The molecule has 3 nitrogen and oxygen atoms in total.